The summed E-state index contributed by atoms with van der Waals surface area (Å²) in [4.78, 5) is 56.6. The van der Waals surface area contributed by atoms with Crippen molar-refractivity contribution in [2.24, 2.45) is 7.05 Å². The second-order valence-electron chi connectivity index (χ2n) is 7.05. The average Bonchev–Trinajstić information content (AvgIpc) is 3.27. The summed E-state index contributed by atoms with van der Waals surface area (Å²) in [7, 11) is 1.49. The van der Waals surface area contributed by atoms with Crippen LogP contribution in [0.25, 0.3) is 11.2 Å². The number of imidazole rings is 1. The number of H-pyrrole nitrogens is 1. The zero-order valence-corrected chi connectivity index (χ0v) is 17.4. The van der Waals surface area contributed by atoms with Crippen molar-refractivity contribution in [2.45, 2.75) is 39.2 Å². The predicted molar refractivity (Wildman–Crippen MR) is 111 cm³/mol. The molecule has 0 fully saturated rings. The van der Waals surface area contributed by atoms with E-state index in [4.69, 9.17) is 4.74 Å². The summed E-state index contributed by atoms with van der Waals surface area (Å²) < 4.78 is 7.78. The Morgan fingerprint density at radius 3 is 2.83 bits per heavy atom. The smallest absolute Gasteiger partial charge is 0.341 e. The molecule has 1 amide bonds. The van der Waals surface area contributed by atoms with E-state index in [-0.39, 0.29) is 24.3 Å². The average molecular weight is 431 g/mol. The van der Waals surface area contributed by atoms with Crippen molar-refractivity contribution in [3.8, 4) is 0 Å². The lowest BCUT2D eigenvalue weighted by Crippen LogP contribution is -2.30. The Morgan fingerprint density at radius 2 is 2.07 bits per heavy atom. The van der Waals surface area contributed by atoms with Crippen molar-refractivity contribution in [3.05, 3.63) is 43.2 Å². The van der Waals surface area contributed by atoms with Crippen LogP contribution in [0.5, 0.6) is 0 Å². The summed E-state index contributed by atoms with van der Waals surface area (Å²) in [6.07, 6.45) is 5.03. The number of ether oxygens (including phenoxy) is 1. The van der Waals surface area contributed by atoms with Gasteiger partial charge in [-0.3, -0.25) is 19.1 Å². The first-order valence-corrected chi connectivity index (χ1v) is 10.5. The summed E-state index contributed by atoms with van der Waals surface area (Å²) in [5, 5.41) is 3.27. The Hall–Kier alpha value is -3.21. The van der Waals surface area contributed by atoms with E-state index in [0.29, 0.717) is 10.6 Å². The normalized spacial score (nSPS) is 13.3. The first kappa shape index (κ1) is 20.1. The number of nitrogens with zero attached hydrogens (tertiary/aromatic N) is 3. The number of aromatic amines is 1. The molecule has 0 aliphatic heterocycles. The van der Waals surface area contributed by atoms with Gasteiger partial charge in [-0.2, -0.15) is 0 Å². The van der Waals surface area contributed by atoms with E-state index in [9.17, 15) is 19.2 Å². The Bertz CT molecular complexity index is 1260. The zero-order chi connectivity index (χ0) is 21.4. The highest BCUT2D eigenvalue weighted by Gasteiger charge is 2.27. The number of hydrogen-bond donors (Lipinski definition) is 2. The van der Waals surface area contributed by atoms with Gasteiger partial charge in [-0.1, -0.05) is 0 Å². The van der Waals surface area contributed by atoms with Crippen LogP contribution in [0.4, 0.5) is 5.00 Å². The first-order chi connectivity index (χ1) is 14.4. The van der Waals surface area contributed by atoms with E-state index >= 15 is 0 Å². The Kier molecular flexibility index (Phi) is 5.29. The van der Waals surface area contributed by atoms with Crippen molar-refractivity contribution in [2.75, 3.05) is 11.9 Å². The highest BCUT2D eigenvalue weighted by molar-refractivity contribution is 7.17. The van der Waals surface area contributed by atoms with Gasteiger partial charge in [0.1, 0.15) is 11.5 Å². The van der Waals surface area contributed by atoms with E-state index in [1.54, 1.807) is 6.92 Å². The van der Waals surface area contributed by atoms with Crippen LogP contribution in [-0.2, 0) is 36.0 Å². The van der Waals surface area contributed by atoms with Crippen molar-refractivity contribution < 1.29 is 14.3 Å². The lowest BCUT2D eigenvalue weighted by atomic mass is 9.95. The second kappa shape index (κ2) is 7.90. The quantitative estimate of drug-likeness (QED) is 0.584. The standard InChI is InChI=1S/C19H21N5O5S/c1-3-29-18(27)13-10-6-4-5-7-11(10)30-17(13)21-12(25)8-24-9-20-15-14(24)16(26)22-19(28)23(15)2/h9H,3-8H2,1-2H3,(H,21,25)(H,22,26,28). The molecule has 0 aromatic carbocycles. The van der Waals surface area contributed by atoms with Crippen LogP contribution in [0.1, 0.15) is 40.6 Å². The van der Waals surface area contributed by atoms with Crippen LogP contribution >= 0.6 is 11.3 Å². The van der Waals surface area contributed by atoms with Crippen LogP contribution in [-0.4, -0.2) is 37.6 Å². The van der Waals surface area contributed by atoms with E-state index in [0.717, 1.165) is 36.1 Å². The summed E-state index contributed by atoms with van der Waals surface area (Å²) in [6.45, 7) is 1.80. The topological polar surface area (TPSA) is 128 Å². The van der Waals surface area contributed by atoms with Gasteiger partial charge in [0.15, 0.2) is 11.2 Å². The van der Waals surface area contributed by atoms with Gasteiger partial charge in [-0.15, -0.1) is 11.3 Å². The fourth-order valence-corrected chi connectivity index (χ4v) is 4.99. The molecule has 0 atom stereocenters. The van der Waals surface area contributed by atoms with Crippen molar-refractivity contribution >= 4 is 39.4 Å². The van der Waals surface area contributed by atoms with Crippen LogP contribution in [0.15, 0.2) is 15.9 Å². The molecule has 0 saturated heterocycles. The van der Waals surface area contributed by atoms with Gasteiger partial charge in [0.2, 0.25) is 5.91 Å². The molecule has 10 nitrogen and oxygen atoms in total. The van der Waals surface area contributed by atoms with E-state index < -0.39 is 23.1 Å². The number of fused-ring (bicyclic) bond motifs is 2. The molecular formula is C19H21N5O5S. The van der Waals surface area contributed by atoms with Gasteiger partial charge in [0, 0.05) is 11.9 Å². The zero-order valence-electron chi connectivity index (χ0n) is 16.6. The van der Waals surface area contributed by atoms with Crippen molar-refractivity contribution in [1.29, 1.82) is 0 Å². The van der Waals surface area contributed by atoms with Crippen molar-refractivity contribution in [3.63, 3.8) is 0 Å². The number of nitrogens with one attached hydrogen (secondary N) is 2. The summed E-state index contributed by atoms with van der Waals surface area (Å²) in [5.74, 6) is -0.849. The number of rotatable bonds is 5. The third-order valence-electron chi connectivity index (χ3n) is 5.09. The van der Waals surface area contributed by atoms with Gasteiger partial charge in [-0.05, 0) is 38.2 Å². The summed E-state index contributed by atoms with van der Waals surface area (Å²) in [5.41, 5.74) is 0.515. The highest BCUT2D eigenvalue weighted by Crippen LogP contribution is 2.38. The molecule has 3 heterocycles. The minimum atomic E-state index is -0.614. The molecule has 0 radical (unpaired) electrons. The van der Waals surface area contributed by atoms with E-state index in [1.165, 1.54) is 33.8 Å². The number of thiophene rings is 1. The predicted octanol–water partition coefficient (Wildman–Crippen LogP) is 1.18. The number of aromatic nitrogens is 4. The maximum atomic E-state index is 12.7. The molecular weight excluding hydrogens is 410 g/mol. The van der Waals surface area contributed by atoms with E-state index in [2.05, 4.69) is 15.3 Å². The first-order valence-electron chi connectivity index (χ1n) is 9.66. The second-order valence-corrected chi connectivity index (χ2v) is 8.15. The molecule has 3 aromatic heterocycles. The molecule has 0 spiro atoms. The third kappa shape index (κ3) is 3.45. The molecule has 2 N–H and O–H groups in total. The Morgan fingerprint density at radius 1 is 1.30 bits per heavy atom. The van der Waals surface area contributed by atoms with Gasteiger partial charge < -0.3 is 14.6 Å². The molecule has 158 valence electrons. The van der Waals surface area contributed by atoms with Gasteiger partial charge in [0.05, 0.1) is 18.5 Å². The molecule has 4 rings (SSSR count). The molecule has 3 aromatic rings. The van der Waals surface area contributed by atoms with Crippen LogP contribution in [0.2, 0.25) is 0 Å². The Balaban J connectivity index is 1.64. The molecule has 1 aliphatic carbocycles. The molecule has 1 aliphatic rings. The third-order valence-corrected chi connectivity index (χ3v) is 6.30. The monoisotopic (exact) mass is 431 g/mol. The molecule has 0 saturated carbocycles. The lowest BCUT2D eigenvalue weighted by molar-refractivity contribution is -0.116. The highest BCUT2D eigenvalue weighted by atomic mass is 32.1. The minimum absolute atomic E-state index is 0.128. The number of amides is 1. The maximum absolute atomic E-state index is 12.7. The SMILES string of the molecule is CCOC(=O)c1c(NC(=O)Cn2cnc3c2c(=O)[nH]c(=O)n3C)sc2c1CCCC2. The van der Waals surface area contributed by atoms with Crippen molar-refractivity contribution in [1.82, 2.24) is 19.1 Å². The van der Waals surface area contributed by atoms with Crippen LogP contribution < -0.4 is 16.6 Å². The van der Waals surface area contributed by atoms with Crippen LogP contribution in [0, 0.1) is 0 Å². The summed E-state index contributed by atoms with van der Waals surface area (Å²) >= 11 is 1.40. The minimum Gasteiger partial charge on any atom is -0.462 e. The Labute approximate surface area is 174 Å². The fourth-order valence-electron chi connectivity index (χ4n) is 3.70. The number of carbonyl (C=O) groups is 2. The number of hydrogen-bond acceptors (Lipinski definition) is 7. The van der Waals surface area contributed by atoms with Gasteiger partial charge in [-0.25, -0.2) is 14.6 Å². The lowest BCUT2D eigenvalue weighted by Gasteiger charge is -2.12. The van der Waals surface area contributed by atoms with Gasteiger partial charge >= 0.3 is 11.7 Å². The number of carbonyl (C=O) groups excluding carboxylic acids is 2. The van der Waals surface area contributed by atoms with Gasteiger partial charge in [0.25, 0.3) is 5.56 Å². The van der Waals surface area contributed by atoms with E-state index in [1.807, 2.05) is 0 Å². The largest absolute Gasteiger partial charge is 0.462 e. The molecule has 30 heavy (non-hydrogen) atoms. The molecule has 11 heteroatoms. The van der Waals surface area contributed by atoms with Crippen LogP contribution in [0.3, 0.4) is 0 Å². The molecule has 0 unspecified atom stereocenters. The fraction of sp³-hybridized carbons (Fsp3) is 0.421. The summed E-state index contributed by atoms with van der Waals surface area (Å²) in [6, 6.07) is 0. The number of anilines is 1. The number of esters is 1. The number of aryl methyl sites for hydroxylation is 2. The molecule has 0 bridgehead atoms. The maximum Gasteiger partial charge on any atom is 0.341 e.